The Hall–Kier alpha value is -1.71. The summed E-state index contributed by atoms with van der Waals surface area (Å²) < 4.78 is 10.7. The molecule has 1 aliphatic heterocycles. The van der Waals surface area contributed by atoms with E-state index in [2.05, 4.69) is 6.92 Å². The lowest BCUT2D eigenvalue weighted by atomic mass is 9.84. The smallest absolute Gasteiger partial charge is 0.309 e. The van der Waals surface area contributed by atoms with Gasteiger partial charge < -0.3 is 14.6 Å². The van der Waals surface area contributed by atoms with Crippen molar-refractivity contribution in [2.24, 2.45) is 5.41 Å². The van der Waals surface area contributed by atoms with Crippen LogP contribution in [-0.2, 0) is 17.6 Å². The molecule has 1 N–H and O–H groups in total. The van der Waals surface area contributed by atoms with Crippen LogP contribution in [0.1, 0.15) is 31.9 Å². The number of carboxylic acid groups (broad SMARTS) is 1. The molecule has 0 fully saturated rings. The van der Waals surface area contributed by atoms with Crippen molar-refractivity contribution < 1.29 is 19.4 Å². The van der Waals surface area contributed by atoms with Crippen LogP contribution in [0.2, 0.25) is 0 Å². The Morgan fingerprint density at radius 1 is 1.28 bits per heavy atom. The van der Waals surface area contributed by atoms with Crippen LogP contribution in [0.3, 0.4) is 0 Å². The van der Waals surface area contributed by atoms with Crippen LogP contribution in [0.4, 0.5) is 0 Å². The topological polar surface area (TPSA) is 55.8 Å². The first kappa shape index (κ1) is 12.7. The van der Waals surface area contributed by atoms with Crippen LogP contribution >= 0.6 is 0 Å². The van der Waals surface area contributed by atoms with Gasteiger partial charge in [0, 0.05) is 0 Å². The van der Waals surface area contributed by atoms with E-state index in [1.807, 2.05) is 12.1 Å². The fourth-order valence-electron chi connectivity index (χ4n) is 2.07. The molecule has 2 rings (SSSR count). The molecule has 4 heteroatoms. The molecule has 98 valence electrons. The maximum atomic E-state index is 11.2. The molecule has 1 heterocycles. The van der Waals surface area contributed by atoms with Gasteiger partial charge in [-0.25, -0.2) is 0 Å². The molecule has 0 saturated carbocycles. The summed E-state index contributed by atoms with van der Waals surface area (Å²) >= 11 is 0. The van der Waals surface area contributed by atoms with Gasteiger partial charge in [-0.15, -0.1) is 0 Å². The highest BCUT2D eigenvalue weighted by molar-refractivity contribution is 5.74. The molecule has 0 aromatic heterocycles. The molecule has 0 atom stereocenters. The molecule has 1 aromatic rings. The number of aliphatic carboxylic acids is 1. The van der Waals surface area contributed by atoms with Crippen molar-refractivity contribution in [2.45, 2.75) is 33.6 Å². The van der Waals surface area contributed by atoms with Gasteiger partial charge in [0.2, 0.25) is 6.79 Å². The van der Waals surface area contributed by atoms with Crippen LogP contribution in [0.5, 0.6) is 11.5 Å². The van der Waals surface area contributed by atoms with Gasteiger partial charge in [0.1, 0.15) is 0 Å². The van der Waals surface area contributed by atoms with Crippen molar-refractivity contribution in [3.8, 4) is 11.5 Å². The van der Waals surface area contributed by atoms with E-state index < -0.39 is 11.4 Å². The number of hydrogen-bond donors (Lipinski definition) is 1. The summed E-state index contributed by atoms with van der Waals surface area (Å²) in [5.74, 6) is 0.675. The molecule has 1 aromatic carbocycles. The van der Waals surface area contributed by atoms with E-state index in [0.717, 1.165) is 23.3 Å². The minimum Gasteiger partial charge on any atom is -0.481 e. The molecule has 0 bridgehead atoms. The second-order valence-electron chi connectivity index (χ2n) is 5.19. The fourth-order valence-corrected chi connectivity index (χ4v) is 2.07. The highest BCUT2D eigenvalue weighted by atomic mass is 16.7. The molecular weight excluding hydrogens is 232 g/mol. The lowest BCUT2D eigenvalue weighted by Gasteiger charge is -2.21. The van der Waals surface area contributed by atoms with Gasteiger partial charge in [-0.05, 0) is 49.9 Å². The Bertz CT molecular complexity index is 477. The fraction of sp³-hybridized carbons (Fsp3) is 0.500. The third kappa shape index (κ3) is 2.28. The first-order chi connectivity index (χ1) is 8.44. The molecule has 0 amide bonds. The van der Waals surface area contributed by atoms with Gasteiger partial charge in [0.25, 0.3) is 0 Å². The van der Waals surface area contributed by atoms with Crippen molar-refractivity contribution in [1.82, 2.24) is 0 Å². The Labute approximate surface area is 107 Å². The van der Waals surface area contributed by atoms with E-state index in [0.29, 0.717) is 12.2 Å². The predicted octanol–water partition coefficient (Wildman–Crippen LogP) is 2.63. The van der Waals surface area contributed by atoms with Crippen LogP contribution in [0, 0.1) is 5.41 Å². The second-order valence-corrected chi connectivity index (χ2v) is 5.19. The van der Waals surface area contributed by atoms with Crippen molar-refractivity contribution >= 4 is 5.97 Å². The van der Waals surface area contributed by atoms with Gasteiger partial charge in [-0.1, -0.05) is 6.92 Å². The minimum absolute atomic E-state index is 0.240. The lowest BCUT2D eigenvalue weighted by Crippen LogP contribution is -2.26. The quantitative estimate of drug-likeness (QED) is 0.892. The normalized spacial score (nSPS) is 13.7. The van der Waals surface area contributed by atoms with Crippen LogP contribution in [-0.4, -0.2) is 17.9 Å². The highest BCUT2D eigenvalue weighted by Crippen LogP contribution is 2.37. The highest BCUT2D eigenvalue weighted by Gasteiger charge is 2.29. The van der Waals surface area contributed by atoms with E-state index in [4.69, 9.17) is 9.47 Å². The number of benzene rings is 1. The van der Waals surface area contributed by atoms with Crippen molar-refractivity contribution in [2.75, 3.05) is 6.79 Å². The molecule has 18 heavy (non-hydrogen) atoms. The zero-order chi connectivity index (χ0) is 13.3. The number of hydrogen-bond acceptors (Lipinski definition) is 3. The van der Waals surface area contributed by atoms with Crippen molar-refractivity contribution in [1.29, 1.82) is 0 Å². The molecule has 1 aliphatic rings. The number of carbonyl (C=O) groups is 1. The number of carboxylic acids is 1. The van der Waals surface area contributed by atoms with E-state index in [1.165, 1.54) is 0 Å². The van der Waals surface area contributed by atoms with Gasteiger partial charge in [-0.2, -0.15) is 0 Å². The molecule has 0 spiro atoms. The summed E-state index contributed by atoms with van der Waals surface area (Å²) in [5, 5.41) is 9.20. The number of fused-ring (bicyclic) bond motifs is 1. The maximum Gasteiger partial charge on any atom is 0.309 e. The molecule has 0 unspecified atom stereocenters. The largest absolute Gasteiger partial charge is 0.481 e. The Balaban J connectivity index is 2.35. The Kier molecular flexibility index (Phi) is 3.20. The maximum absolute atomic E-state index is 11.2. The average Bonchev–Trinajstić information content (AvgIpc) is 2.74. The van der Waals surface area contributed by atoms with Crippen molar-refractivity contribution in [3.05, 3.63) is 23.3 Å². The summed E-state index contributed by atoms with van der Waals surface area (Å²) in [6, 6.07) is 3.86. The summed E-state index contributed by atoms with van der Waals surface area (Å²) in [6.07, 6.45) is 1.34. The third-order valence-corrected chi connectivity index (χ3v) is 3.29. The van der Waals surface area contributed by atoms with E-state index in [-0.39, 0.29) is 6.79 Å². The predicted molar refractivity (Wildman–Crippen MR) is 67.1 cm³/mol. The summed E-state index contributed by atoms with van der Waals surface area (Å²) in [7, 11) is 0. The zero-order valence-electron chi connectivity index (χ0n) is 10.9. The third-order valence-electron chi connectivity index (χ3n) is 3.29. The average molecular weight is 250 g/mol. The number of aryl methyl sites for hydroxylation is 1. The van der Waals surface area contributed by atoms with E-state index in [1.54, 1.807) is 13.8 Å². The first-order valence-corrected chi connectivity index (χ1v) is 6.09. The van der Waals surface area contributed by atoms with Gasteiger partial charge >= 0.3 is 5.97 Å². The standard InChI is InChI=1S/C14H18O4/c1-4-9-5-11-12(18-8-17-11)6-10(9)7-14(2,3)13(15)16/h5-6H,4,7-8H2,1-3H3,(H,15,16). The number of rotatable bonds is 4. The molecule has 0 aliphatic carbocycles. The monoisotopic (exact) mass is 250 g/mol. The SMILES string of the molecule is CCc1cc2c(cc1CC(C)(C)C(=O)O)OCO2. The molecule has 0 radical (unpaired) electrons. The minimum atomic E-state index is -0.790. The van der Waals surface area contributed by atoms with Gasteiger partial charge in [0.05, 0.1) is 5.41 Å². The second kappa shape index (κ2) is 4.52. The Morgan fingerprint density at radius 2 is 1.83 bits per heavy atom. The van der Waals surface area contributed by atoms with Gasteiger partial charge in [-0.3, -0.25) is 4.79 Å². The molecular formula is C14H18O4. The van der Waals surface area contributed by atoms with Crippen LogP contribution in [0.15, 0.2) is 12.1 Å². The summed E-state index contributed by atoms with van der Waals surface area (Å²) in [6.45, 7) is 5.76. The van der Waals surface area contributed by atoms with E-state index in [9.17, 15) is 9.90 Å². The van der Waals surface area contributed by atoms with E-state index >= 15 is 0 Å². The van der Waals surface area contributed by atoms with Gasteiger partial charge in [0.15, 0.2) is 11.5 Å². The van der Waals surface area contributed by atoms with Crippen LogP contribution in [0.25, 0.3) is 0 Å². The summed E-state index contributed by atoms with van der Waals surface area (Å²) in [4.78, 5) is 11.2. The summed E-state index contributed by atoms with van der Waals surface area (Å²) in [5.41, 5.74) is 1.36. The molecule has 0 saturated heterocycles. The lowest BCUT2D eigenvalue weighted by molar-refractivity contribution is -0.146. The number of ether oxygens (including phenoxy) is 2. The first-order valence-electron chi connectivity index (χ1n) is 6.09. The van der Waals surface area contributed by atoms with Crippen molar-refractivity contribution in [3.63, 3.8) is 0 Å². The Morgan fingerprint density at radius 3 is 2.33 bits per heavy atom. The molecule has 4 nitrogen and oxygen atoms in total. The zero-order valence-corrected chi connectivity index (χ0v) is 10.9. The van der Waals surface area contributed by atoms with Crippen LogP contribution < -0.4 is 9.47 Å².